The topological polar surface area (TPSA) is 104 Å². The maximum absolute atomic E-state index is 13.4. The van der Waals surface area contributed by atoms with Crippen LogP contribution in [0.25, 0.3) is 6.08 Å². The average molecular weight is 577 g/mol. The van der Waals surface area contributed by atoms with Crippen LogP contribution < -0.4 is 10.0 Å². The molecule has 8 nitrogen and oxygen atoms in total. The smallest absolute Gasteiger partial charge is 0.333 e. The van der Waals surface area contributed by atoms with E-state index >= 15 is 0 Å². The van der Waals surface area contributed by atoms with E-state index in [1.807, 2.05) is 4.90 Å². The molecule has 2 heterocycles. The first-order valence-corrected chi connectivity index (χ1v) is 14.6. The third-order valence-electron chi connectivity index (χ3n) is 7.28. The van der Waals surface area contributed by atoms with Gasteiger partial charge in [0.2, 0.25) is 15.9 Å². The maximum atomic E-state index is 13.4. The van der Waals surface area contributed by atoms with E-state index in [9.17, 15) is 22.4 Å². The van der Waals surface area contributed by atoms with Gasteiger partial charge in [0.15, 0.2) is 0 Å². The molecule has 2 bridgehead atoms. The number of nitrogens with zero attached hydrogens (tertiary/aromatic N) is 3. The standard InChI is InChI=1S/C28H34ClFN4O4S/c1-18-13-20(25(14-24(18)29)34(27(31)36)39(37,38)28(2,3)4)7-12-26(35)33-22-10-11-23(33)17-32(16-22)15-19-5-8-21(30)9-6-19/h5-9,12-14,22-23H,10-11,15-17H2,1-4H3,(H2,31,36). The van der Waals surface area contributed by atoms with Gasteiger partial charge < -0.3 is 10.6 Å². The molecule has 39 heavy (non-hydrogen) atoms. The van der Waals surface area contributed by atoms with Crippen molar-refractivity contribution >= 4 is 45.3 Å². The van der Waals surface area contributed by atoms with Crippen molar-refractivity contribution in [2.45, 2.75) is 63.9 Å². The average Bonchev–Trinajstić information content (AvgIpc) is 3.11. The number of halogens is 2. The summed E-state index contributed by atoms with van der Waals surface area (Å²) in [6.07, 6.45) is 4.69. The number of carbonyl (C=O) groups excluding carboxylic acids is 2. The van der Waals surface area contributed by atoms with Crippen molar-refractivity contribution in [3.63, 3.8) is 0 Å². The third kappa shape index (κ3) is 5.97. The molecule has 0 radical (unpaired) electrons. The zero-order chi connectivity index (χ0) is 28.7. The van der Waals surface area contributed by atoms with Crippen molar-refractivity contribution in [2.24, 2.45) is 5.73 Å². The summed E-state index contributed by atoms with van der Waals surface area (Å²) in [7, 11) is -4.20. The number of sulfonamides is 1. The van der Waals surface area contributed by atoms with Gasteiger partial charge in [0.25, 0.3) is 0 Å². The van der Waals surface area contributed by atoms with E-state index in [1.165, 1.54) is 51.1 Å². The summed E-state index contributed by atoms with van der Waals surface area (Å²) in [6, 6.07) is 8.38. The minimum absolute atomic E-state index is 0.0100. The summed E-state index contributed by atoms with van der Waals surface area (Å²) in [4.78, 5) is 30.0. The van der Waals surface area contributed by atoms with E-state index in [4.69, 9.17) is 17.3 Å². The molecule has 2 unspecified atom stereocenters. The van der Waals surface area contributed by atoms with Gasteiger partial charge in [-0.3, -0.25) is 9.69 Å². The van der Waals surface area contributed by atoms with Gasteiger partial charge in [0, 0.05) is 42.8 Å². The molecule has 4 rings (SSSR count). The molecule has 2 fully saturated rings. The summed E-state index contributed by atoms with van der Waals surface area (Å²) < 4.78 is 39.0. The highest BCUT2D eigenvalue weighted by Gasteiger charge is 2.42. The molecule has 0 saturated carbocycles. The van der Waals surface area contributed by atoms with Gasteiger partial charge in [-0.25, -0.2) is 17.6 Å². The number of rotatable bonds is 6. The lowest BCUT2D eigenvalue weighted by Crippen LogP contribution is -2.55. The Morgan fingerprint density at radius 3 is 2.26 bits per heavy atom. The van der Waals surface area contributed by atoms with Gasteiger partial charge in [-0.15, -0.1) is 0 Å². The molecule has 2 aromatic rings. The molecule has 2 aromatic carbocycles. The molecule has 0 spiro atoms. The number of nitrogens with two attached hydrogens (primary N) is 1. The minimum Gasteiger partial charge on any atom is -0.350 e. The fourth-order valence-electron chi connectivity index (χ4n) is 5.22. The number of carbonyl (C=O) groups is 2. The number of aryl methyl sites for hydroxylation is 1. The normalized spacial score (nSPS) is 20.0. The number of fused-ring (bicyclic) bond motifs is 2. The van der Waals surface area contributed by atoms with Gasteiger partial charge in [0.1, 0.15) is 5.82 Å². The highest BCUT2D eigenvalue weighted by Crippen LogP contribution is 2.35. The van der Waals surface area contributed by atoms with Crippen LogP contribution >= 0.6 is 11.6 Å². The number of amides is 3. The summed E-state index contributed by atoms with van der Waals surface area (Å²) in [5, 5.41) is 0.263. The molecule has 0 aromatic heterocycles. The second-order valence-electron chi connectivity index (χ2n) is 11.2. The minimum atomic E-state index is -4.20. The number of piperazine rings is 1. The Labute approximate surface area is 234 Å². The van der Waals surface area contributed by atoms with Gasteiger partial charge in [0.05, 0.1) is 10.4 Å². The van der Waals surface area contributed by atoms with Gasteiger partial charge in [-0.05, 0) is 87.6 Å². The van der Waals surface area contributed by atoms with Crippen molar-refractivity contribution < 1.29 is 22.4 Å². The maximum Gasteiger partial charge on any atom is 0.333 e. The molecule has 2 N–H and O–H groups in total. The van der Waals surface area contributed by atoms with E-state index < -0.39 is 20.8 Å². The second kappa shape index (κ2) is 10.9. The van der Waals surface area contributed by atoms with Gasteiger partial charge in [-0.2, -0.15) is 4.31 Å². The van der Waals surface area contributed by atoms with E-state index in [0.29, 0.717) is 35.1 Å². The number of likely N-dealkylation sites (tertiary alicyclic amines) is 1. The first-order chi connectivity index (χ1) is 18.2. The first kappa shape index (κ1) is 29.0. The molecule has 2 aliphatic heterocycles. The molecular formula is C28H34ClFN4O4S. The molecule has 11 heteroatoms. The van der Waals surface area contributed by atoms with Crippen LogP contribution in [0.2, 0.25) is 5.02 Å². The Morgan fingerprint density at radius 1 is 1.13 bits per heavy atom. The van der Waals surface area contributed by atoms with Crippen molar-refractivity contribution in [2.75, 3.05) is 17.4 Å². The van der Waals surface area contributed by atoms with Crippen molar-refractivity contribution in [3.8, 4) is 0 Å². The number of primary amides is 1. The van der Waals surface area contributed by atoms with E-state index in [1.54, 1.807) is 25.1 Å². The Hall–Kier alpha value is -2.95. The third-order valence-corrected chi connectivity index (χ3v) is 10.1. The lowest BCUT2D eigenvalue weighted by Gasteiger charge is -2.40. The van der Waals surface area contributed by atoms with Crippen LogP contribution in [-0.2, 0) is 21.4 Å². The summed E-state index contributed by atoms with van der Waals surface area (Å²) in [5.74, 6) is -0.457. The zero-order valence-corrected chi connectivity index (χ0v) is 24.1. The summed E-state index contributed by atoms with van der Waals surface area (Å²) in [5.41, 5.74) is 7.54. The quantitative estimate of drug-likeness (QED) is 0.503. The zero-order valence-electron chi connectivity index (χ0n) is 22.5. The molecule has 2 aliphatic rings. The first-order valence-electron chi connectivity index (χ1n) is 12.8. The lowest BCUT2D eigenvalue weighted by atomic mass is 10.1. The van der Waals surface area contributed by atoms with E-state index in [-0.39, 0.29) is 34.5 Å². The van der Waals surface area contributed by atoms with Crippen molar-refractivity contribution in [1.82, 2.24) is 9.80 Å². The van der Waals surface area contributed by atoms with Crippen LogP contribution in [0.15, 0.2) is 42.5 Å². The van der Waals surface area contributed by atoms with Crippen molar-refractivity contribution in [1.29, 1.82) is 0 Å². The Kier molecular flexibility index (Phi) is 8.12. The molecular weight excluding hydrogens is 543 g/mol. The Bertz CT molecular complexity index is 1390. The van der Waals surface area contributed by atoms with Crippen molar-refractivity contribution in [3.05, 3.63) is 70.0 Å². The molecule has 2 saturated heterocycles. The molecule has 2 atom stereocenters. The fraction of sp³-hybridized carbons (Fsp3) is 0.429. The van der Waals surface area contributed by atoms with Gasteiger partial charge in [-0.1, -0.05) is 23.7 Å². The summed E-state index contributed by atoms with van der Waals surface area (Å²) in [6.45, 7) is 8.26. The monoisotopic (exact) mass is 576 g/mol. The summed E-state index contributed by atoms with van der Waals surface area (Å²) >= 11 is 6.31. The van der Waals surface area contributed by atoms with Crippen LogP contribution in [0.3, 0.4) is 0 Å². The largest absolute Gasteiger partial charge is 0.350 e. The number of hydrogen-bond acceptors (Lipinski definition) is 5. The van der Waals surface area contributed by atoms with Crippen LogP contribution in [0, 0.1) is 12.7 Å². The van der Waals surface area contributed by atoms with E-state index in [2.05, 4.69) is 4.90 Å². The lowest BCUT2D eigenvalue weighted by molar-refractivity contribution is -0.131. The predicted octanol–water partition coefficient (Wildman–Crippen LogP) is 4.69. The number of benzene rings is 2. The van der Waals surface area contributed by atoms with E-state index in [0.717, 1.165) is 18.4 Å². The Balaban J connectivity index is 1.57. The van der Waals surface area contributed by atoms with Gasteiger partial charge >= 0.3 is 6.03 Å². The number of anilines is 1. The van der Waals surface area contributed by atoms with Crippen LogP contribution in [0.4, 0.5) is 14.9 Å². The fourth-order valence-corrected chi connectivity index (χ4v) is 6.58. The van der Waals surface area contributed by atoms with Crippen LogP contribution in [-0.4, -0.2) is 60.1 Å². The number of hydrogen-bond donors (Lipinski definition) is 1. The molecule has 0 aliphatic carbocycles. The Morgan fingerprint density at radius 2 is 1.72 bits per heavy atom. The highest BCUT2D eigenvalue weighted by molar-refractivity contribution is 7.94. The SMILES string of the molecule is Cc1cc(C=CC(=O)N2C3CCC2CN(Cc2ccc(F)cc2)C3)c(N(C(N)=O)S(=O)(=O)C(C)(C)C)cc1Cl. The predicted molar refractivity (Wildman–Crippen MR) is 151 cm³/mol. The second-order valence-corrected chi connectivity index (χ2v) is 14.1. The highest BCUT2D eigenvalue weighted by atomic mass is 35.5. The van der Waals surface area contributed by atoms with Crippen LogP contribution in [0.5, 0.6) is 0 Å². The van der Waals surface area contributed by atoms with Crippen LogP contribution in [0.1, 0.15) is 50.3 Å². The molecule has 210 valence electrons. The molecule has 3 amide bonds. The number of urea groups is 1.